The van der Waals surface area contributed by atoms with Gasteiger partial charge in [0.2, 0.25) is 0 Å². The number of carbonyl (C=O) groups is 1. The number of aromatic nitrogens is 1. The highest BCUT2D eigenvalue weighted by molar-refractivity contribution is 5.95. The van der Waals surface area contributed by atoms with E-state index in [0.717, 1.165) is 11.3 Å². The topological polar surface area (TPSA) is 64.8 Å². The lowest BCUT2D eigenvalue weighted by Gasteiger charge is -2.26. The summed E-state index contributed by atoms with van der Waals surface area (Å²) < 4.78 is 15.5. The van der Waals surface area contributed by atoms with Crippen molar-refractivity contribution >= 4 is 5.91 Å². The zero-order valence-electron chi connectivity index (χ0n) is 12.0. The average Bonchev–Trinajstić information content (AvgIpc) is 3.01. The first-order valence-electron chi connectivity index (χ1n) is 6.66. The van der Waals surface area contributed by atoms with Gasteiger partial charge in [-0.05, 0) is 12.1 Å². The number of nitrogens with zero attached hydrogens (tertiary/aromatic N) is 2. The van der Waals surface area contributed by atoms with E-state index in [1.54, 1.807) is 43.5 Å². The van der Waals surface area contributed by atoms with Crippen LogP contribution >= 0.6 is 0 Å². The Kier molecular flexibility index (Phi) is 3.51. The van der Waals surface area contributed by atoms with Crippen LogP contribution in [0.3, 0.4) is 0 Å². The third kappa shape index (κ3) is 2.56. The van der Waals surface area contributed by atoms with Crippen LogP contribution in [-0.4, -0.2) is 36.7 Å². The predicted octanol–water partition coefficient (Wildman–Crippen LogP) is 1.89. The number of hydrogen-bond donors (Lipinski definition) is 0. The molecule has 0 spiro atoms. The van der Waals surface area contributed by atoms with E-state index in [4.69, 9.17) is 14.0 Å². The number of carbonyl (C=O) groups excluding carboxylic acids is 1. The molecule has 1 aromatic carbocycles. The summed E-state index contributed by atoms with van der Waals surface area (Å²) in [6.45, 7) is 1.12. The lowest BCUT2D eigenvalue weighted by molar-refractivity contribution is 0.0728. The second kappa shape index (κ2) is 5.47. The molecule has 2 heterocycles. The molecule has 0 unspecified atom stereocenters. The minimum Gasteiger partial charge on any atom is -0.497 e. The van der Waals surface area contributed by atoms with E-state index in [0.29, 0.717) is 36.6 Å². The van der Waals surface area contributed by atoms with Crippen LogP contribution in [-0.2, 0) is 13.0 Å². The maximum atomic E-state index is 12.6. The van der Waals surface area contributed by atoms with Crippen molar-refractivity contribution in [2.24, 2.45) is 0 Å². The number of fused-ring (bicyclic) bond motifs is 1. The number of rotatable bonds is 3. The first-order valence-corrected chi connectivity index (χ1v) is 6.66. The summed E-state index contributed by atoms with van der Waals surface area (Å²) in [5, 5.41) is 3.77. The van der Waals surface area contributed by atoms with Crippen LogP contribution in [0.5, 0.6) is 11.5 Å². The summed E-state index contributed by atoms with van der Waals surface area (Å²) in [5.41, 5.74) is 1.51. The molecular formula is C15H16N2O4. The van der Waals surface area contributed by atoms with Gasteiger partial charge in [0, 0.05) is 30.2 Å². The Hall–Kier alpha value is -2.50. The monoisotopic (exact) mass is 288 g/mol. The first kappa shape index (κ1) is 13.5. The molecule has 0 saturated heterocycles. The average molecular weight is 288 g/mol. The fourth-order valence-electron chi connectivity index (χ4n) is 2.43. The van der Waals surface area contributed by atoms with Crippen molar-refractivity contribution in [2.75, 3.05) is 20.8 Å². The number of methoxy groups -OCH3 is 2. The van der Waals surface area contributed by atoms with Crippen LogP contribution in [0.2, 0.25) is 0 Å². The quantitative estimate of drug-likeness (QED) is 0.863. The summed E-state index contributed by atoms with van der Waals surface area (Å²) in [4.78, 5) is 14.4. The summed E-state index contributed by atoms with van der Waals surface area (Å²) in [5.74, 6) is 2.00. The van der Waals surface area contributed by atoms with Crippen molar-refractivity contribution in [3.63, 3.8) is 0 Å². The lowest BCUT2D eigenvalue weighted by Crippen LogP contribution is -2.35. The van der Waals surface area contributed by atoms with E-state index >= 15 is 0 Å². The van der Waals surface area contributed by atoms with Crippen molar-refractivity contribution in [1.29, 1.82) is 0 Å². The highest BCUT2D eigenvalue weighted by Gasteiger charge is 2.25. The van der Waals surface area contributed by atoms with Crippen molar-refractivity contribution in [3.05, 3.63) is 41.3 Å². The van der Waals surface area contributed by atoms with E-state index in [-0.39, 0.29) is 5.91 Å². The molecule has 0 fully saturated rings. The molecule has 110 valence electrons. The third-order valence-corrected chi connectivity index (χ3v) is 3.59. The summed E-state index contributed by atoms with van der Waals surface area (Å²) >= 11 is 0. The Morgan fingerprint density at radius 3 is 2.62 bits per heavy atom. The molecule has 3 rings (SSSR count). The lowest BCUT2D eigenvalue weighted by atomic mass is 10.1. The van der Waals surface area contributed by atoms with Gasteiger partial charge in [0.15, 0.2) is 0 Å². The molecule has 0 radical (unpaired) electrons. The van der Waals surface area contributed by atoms with Crippen molar-refractivity contribution < 1.29 is 18.8 Å². The van der Waals surface area contributed by atoms with Crippen LogP contribution in [0.15, 0.2) is 28.9 Å². The zero-order valence-corrected chi connectivity index (χ0v) is 12.0. The van der Waals surface area contributed by atoms with E-state index in [9.17, 15) is 4.79 Å². The molecule has 1 aliphatic heterocycles. The predicted molar refractivity (Wildman–Crippen MR) is 74.5 cm³/mol. The molecule has 1 amide bonds. The van der Waals surface area contributed by atoms with Gasteiger partial charge in [0.25, 0.3) is 5.91 Å². The fraction of sp³-hybridized carbons (Fsp3) is 0.333. The maximum absolute atomic E-state index is 12.6. The smallest absolute Gasteiger partial charge is 0.254 e. The Morgan fingerprint density at radius 2 is 1.95 bits per heavy atom. The van der Waals surface area contributed by atoms with Gasteiger partial charge in [-0.3, -0.25) is 4.79 Å². The Balaban J connectivity index is 1.85. The first-order chi connectivity index (χ1) is 10.2. The summed E-state index contributed by atoms with van der Waals surface area (Å²) in [6.07, 6.45) is 2.35. The minimum absolute atomic E-state index is 0.0564. The third-order valence-electron chi connectivity index (χ3n) is 3.59. The van der Waals surface area contributed by atoms with Crippen LogP contribution in [0.4, 0.5) is 0 Å². The highest BCUT2D eigenvalue weighted by atomic mass is 16.5. The standard InChI is InChI=1S/C15H16N2O4/c1-19-12-5-10(6-13(7-12)20-2)15(18)17-4-3-14-11(9-17)8-16-21-14/h5-8H,3-4,9H2,1-2H3. The largest absolute Gasteiger partial charge is 0.497 e. The molecule has 1 aromatic heterocycles. The van der Waals surface area contributed by atoms with Gasteiger partial charge < -0.3 is 18.9 Å². The van der Waals surface area contributed by atoms with Gasteiger partial charge in [-0.25, -0.2) is 0 Å². The maximum Gasteiger partial charge on any atom is 0.254 e. The molecule has 0 N–H and O–H groups in total. The van der Waals surface area contributed by atoms with Crippen molar-refractivity contribution in [2.45, 2.75) is 13.0 Å². The van der Waals surface area contributed by atoms with E-state index < -0.39 is 0 Å². The zero-order chi connectivity index (χ0) is 14.8. The van der Waals surface area contributed by atoms with Gasteiger partial charge in [-0.2, -0.15) is 0 Å². The number of hydrogen-bond acceptors (Lipinski definition) is 5. The SMILES string of the molecule is COc1cc(OC)cc(C(=O)N2CCc3oncc3C2)c1. The summed E-state index contributed by atoms with van der Waals surface area (Å²) in [7, 11) is 3.13. The van der Waals surface area contributed by atoms with E-state index in [1.807, 2.05) is 0 Å². The molecular weight excluding hydrogens is 272 g/mol. The number of ether oxygens (including phenoxy) is 2. The van der Waals surface area contributed by atoms with Crippen molar-refractivity contribution in [3.8, 4) is 11.5 Å². The molecule has 0 bridgehead atoms. The number of benzene rings is 1. The van der Waals surface area contributed by atoms with Crippen LogP contribution in [0.1, 0.15) is 21.7 Å². The molecule has 1 aliphatic rings. The molecule has 6 heteroatoms. The van der Waals surface area contributed by atoms with Gasteiger partial charge in [-0.15, -0.1) is 0 Å². The Morgan fingerprint density at radius 1 is 1.24 bits per heavy atom. The van der Waals surface area contributed by atoms with Gasteiger partial charge in [0.1, 0.15) is 17.3 Å². The molecule has 6 nitrogen and oxygen atoms in total. The molecule has 0 saturated carbocycles. The second-order valence-corrected chi connectivity index (χ2v) is 4.85. The van der Waals surface area contributed by atoms with Crippen LogP contribution < -0.4 is 9.47 Å². The van der Waals surface area contributed by atoms with Gasteiger partial charge in [-0.1, -0.05) is 5.16 Å². The van der Waals surface area contributed by atoms with Crippen molar-refractivity contribution in [1.82, 2.24) is 10.1 Å². The Bertz CT molecular complexity index is 643. The van der Waals surface area contributed by atoms with E-state index in [1.165, 1.54) is 0 Å². The molecule has 2 aromatic rings. The summed E-state index contributed by atoms with van der Waals surface area (Å²) in [6, 6.07) is 5.17. The Labute approximate surface area is 122 Å². The van der Waals surface area contributed by atoms with Crippen LogP contribution in [0, 0.1) is 0 Å². The molecule has 0 atom stereocenters. The van der Waals surface area contributed by atoms with Crippen LogP contribution in [0.25, 0.3) is 0 Å². The van der Waals surface area contributed by atoms with Gasteiger partial charge in [0.05, 0.1) is 27.0 Å². The minimum atomic E-state index is -0.0564. The molecule has 21 heavy (non-hydrogen) atoms. The number of amides is 1. The fourth-order valence-corrected chi connectivity index (χ4v) is 2.43. The normalized spacial score (nSPS) is 13.7. The van der Waals surface area contributed by atoms with E-state index in [2.05, 4.69) is 5.16 Å². The van der Waals surface area contributed by atoms with Gasteiger partial charge >= 0.3 is 0 Å². The highest BCUT2D eigenvalue weighted by Crippen LogP contribution is 2.25. The molecule has 0 aliphatic carbocycles. The second-order valence-electron chi connectivity index (χ2n) is 4.85.